The number of carboxylic acid groups (broad SMARTS) is 1. The Bertz CT molecular complexity index is 1330. The van der Waals surface area contributed by atoms with Gasteiger partial charge >= 0.3 is 24.1 Å². The summed E-state index contributed by atoms with van der Waals surface area (Å²) < 4.78 is 99.2. The first kappa shape index (κ1) is 33.3. The highest BCUT2D eigenvalue weighted by atomic mass is 19.4. The lowest BCUT2D eigenvalue weighted by Gasteiger charge is -2.20. The second-order valence-corrected chi connectivity index (χ2v) is 8.27. The van der Waals surface area contributed by atoms with E-state index in [0.29, 0.717) is 0 Å². The monoisotopic (exact) mass is 611 g/mol. The number of Topliss-reactive ketones (excluding diaryl/α,β-unsaturated/α-hetero) is 1. The molecule has 0 saturated carbocycles. The number of ketones is 1. The van der Waals surface area contributed by atoms with Crippen molar-refractivity contribution < 1.29 is 69.3 Å². The molecule has 42 heavy (non-hydrogen) atoms. The summed E-state index contributed by atoms with van der Waals surface area (Å²) in [5, 5.41) is 15.0. The first-order valence-corrected chi connectivity index (χ1v) is 11.5. The molecule has 0 unspecified atom stereocenters. The smallest absolute Gasteiger partial charge is 0.481 e. The number of carboxylic acids is 1. The van der Waals surface area contributed by atoms with Crippen molar-refractivity contribution in [2.75, 3.05) is 11.9 Å². The van der Waals surface area contributed by atoms with E-state index in [1.54, 1.807) is 0 Å². The standard InChI is InChI=1S/C24H20F7N3O8/c1-10(32-22(39)23(40)33-11-2-4-12(5-3-11)42-24(29,30)31)21(38)34-15(6-7-17(36)37)16(35)9-41-20-18(27)13(25)8-14(26)19(20)28/h2-5,8,10,15H,6-7,9H2,1H3,(H,32,39)(H,33,40)(H,34,38)(H,36,37)/t10-,15-/m0/s1. The van der Waals surface area contributed by atoms with Gasteiger partial charge in [0.05, 0.1) is 6.04 Å². The number of nitrogens with one attached hydrogen (secondary N) is 3. The van der Waals surface area contributed by atoms with Crippen molar-refractivity contribution in [1.29, 1.82) is 0 Å². The number of halogens is 7. The van der Waals surface area contributed by atoms with Gasteiger partial charge in [0.25, 0.3) is 0 Å². The van der Waals surface area contributed by atoms with E-state index >= 15 is 0 Å². The summed E-state index contributed by atoms with van der Waals surface area (Å²) in [4.78, 5) is 60.2. The molecule has 2 aromatic rings. The van der Waals surface area contributed by atoms with Crippen molar-refractivity contribution in [1.82, 2.24) is 10.6 Å². The zero-order chi connectivity index (χ0) is 31.8. The molecule has 11 nitrogen and oxygen atoms in total. The third-order valence-electron chi connectivity index (χ3n) is 5.08. The molecule has 0 saturated heterocycles. The van der Waals surface area contributed by atoms with Crippen molar-refractivity contribution >= 4 is 35.2 Å². The van der Waals surface area contributed by atoms with E-state index in [4.69, 9.17) is 5.11 Å². The summed E-state index contributed by atoms with van der Waals surface area (Å²) in [6.45, 7) is -0.212. The average Bonchev–Trinajstić information content (AvgIpc) is 2.89. The van der Waals surface area contributed by atoms with Crippen molar-refractivity contribution in [3.8, 4) is 11.5 Å². The maximum Gasteiger partial charge on any atom is 0.573 e. The molecule has 2 rings (SSSR count). The summed E-state index contributed by atoms with van der Waals surface area (Å²) >= 11 is 0. The van der Waals surface area contributed by atoms with Crippen LogP contribution in [0.25, 0.3) is 0 Å². The molecular formula is C24H20F7N3O8. The fourth-order valence-electron chi connectivity index (χ4n) is 3.06. The fraction of sp³-hybridized carbons (Fsp3) is 0.292. The number of hydrogen-bond donors (Lipinski definition) is 4. The van der Waals surface area contributed by atoms with Gasteiger partial charge < -0.3 is 30.5 Å². The van der Waals surface area contributed by atoms with Crippen molar-refractivity contribution in [3.63, 3.8) is 0 Å². The minimum atomic E-state index is -4.96. The first-order chi connectivity index (χ1) is 19.5. The number of hydrogen-bond acceptors (Lipinski definition) is 7. The fourth-order valence-corrected chi connectivity index (χ4v) is 3.06. The molecule has 228 valence electrons. The summed E-state index contributed by atoms with van der Waals surface area (Å²) in [7, 11) is 0. The van der Waals surface area contributed by atoms with E-state index in [-0.39, 0.29) is 11.8 Å². The number of carbonyl (C=O) groups excluding carboxylic acids is 4. The highest BCUT2D eigenvalue weighted by molar-refractivity contribution is 6.40. The molecular weight excluding hydrogens is 591 g/mol. The SMILES string of the molecule is C[C@H](NC(=O)C(=O)Nc1ccc(OC(F)(F)F)cc1)C(=O)N[C@@H](CCC(=O)O)C(=O)COc1c(F)c(F)cc(F)c1F. The quantitative estimate of drug-likeness (QED) is 0.162. The Morgan fingerprint density at radius 1 is 0.905 bits per heavy atom. The van der Waals surface area contributed by atoms with Gasteiger partial charge in [0.1, 0.15) is 18.4 Å². The molecule has 0 aromatic heterocycles. The Balaban J connectivity index is 2.00. The van der Waals surface area contributed by atoms with Gasteiger partial charge in [0, 0.05) is 18.2 Å². The predicted octanol–water partition coefficient (Wildman–Crippen LogP) is 2.58. The topological polar surface area (TPSA) is 160 Å². The van der Waals surface area contributed by atoms with E-state index in [9.17, 15) is 54.7 Å². The Morgan fingerprint density at radius 2 is 1.48 bits per heavy atom. The number of benzene rings is 2. The molecule has 0 heterocycles. The van der Waals surface area contributed by atoms with Gasteiger partial charge in [-0.2, -0.15) is 8.78 Å². The van der Waals surface area contributed by atoms with E-state index in [1.165, 1.54) is 0 Å². The maximum absolute atomic E-state index is 13.8. The van der Waals surface area contributed by atoms with E-state index in [1.807, 2.05) is 10.6 Å². The molecule has 3 amide bonds. The lowest BCUT2D eigenvalue weighted by atomic mass is 10.1. The highest BCUT2D eigenvalue weighted by Crippen LogP contribution is 2.27. The van der Waals surface area contributed by atoms with Gasteiger partial charge in [0.2, 0.25) is 17.5 Å². The van der Waals surface area contributed by atoms with Crippen LogP contribution in [-0.2, 0) is 24.0 Å². The van der Waals surface area contributed by atoms with E-state index < -0.39 is 102 Å². The van der Waals surface area contributed by atoms with Crippen LogP contribution in [0.1, 0.15) is 19.8 Å². The third-order valence-corrected chi connectivity index (χ3v) is 5.08. The molecule has 0 aliphatic carbocycles. The van der Waals surface area contributed by atoms with Gasteiger partial charge in [-0.1, -0.05) is 0 Å². The molecule has 0 fully saturated rings. The number of anilines is 1. The summed E-state index contributed by atoms with van der Waals surface area (Å²) in [6.07, 6.45) is -6.24. The van der Waals surface area contributed by atoms with Crippen molar-refractivity contribution in [2.45, 2.75) is 38.2 Å². The summed E-state index contributed by atoms with van der Waals surface area (Å²) in [6, 6.07) is 0.334. The molecule has 4 N–H and O–H groups in total. The molecule has 18 heteroatoms. The number of rotatable bonds is 12. The van der Waals surface area contributed by atoms with Gasteiger partial charge in [-0.05, 0) is 37.6 Å². The predicted molar refractivity (Wildman–Crippen MR) is 125 cm³/mol. The second-order valence-electron chi connectivity index (χ2n) is 8.27. The Hall–Kier alpha value is -4.90. The van der Waals surface area contributed by atoms with E-state index in [0.717, 1.165) is 31.2 Å². The molecule has 0 radical (unpaired) electrons. The normalized spacial score (nSPS) is 12.5. The maximum atomic E-state index is 13.8. The lowest BCUT2D eigenvalue weighted by molar-refractivity contribution is -0.274. The lowest BCUT2D eigenvalue weighted by Crippen LogP contribution is -2.52. The zero-order valence-corrected chi connectivity index (χ0v) is 21.1. The first-order valence-electron chi connectivity index (χ1n) is 11.5. The number of amides is 3. The van der Waals surface area contributed by atoms with Crippen LogP contribution in [0, 0.1) is 23.3 Å². The zero-order valence-electron chi connectivity index (χ0n) is 21.1. The summed E-state index contributed by atoms with van der Waals surface area (Å²) in [5.74, 6) is -16.2. The van der Waals surface area contributed by atoms with Crippen LogP contribution < -0.4 is 25.4 Å². The van der Waals surface area contributed by atoms with Crippen LogP contribution >= 0.6 is 0 Å². The second kappa shape index (κ2) is 14.1. The molecule has 0 bridgehead atoms. The minimum absolute atomic E-state index is 0.103. The molecule has 0 spiro atoms. The van der Waals surface area contributed by atoms with Gasteiger partial charge in [0.15, 0.2) is 23.2 Å². The van der Waals surface area contributed by atoms with Gasteiger partial charge in [-0.3, -0.25) is 24.0 Å². The van der Waals surface area contributed by atoms with Crippen LogP contribution in [0.15, 0.2) is 30.3 Å². The minimum Gasteiger partial charge on any atom is -0.481 e. The molecule has 2 atom stereocenters. The third kappa shape index (κ3) is 9.93. The number of aliphatic carboxylic acids is 1. The number of ether oxygens (including phenoxy) is 2. The molecule has 0 aliphatic rings. The van der Waals surface area contributed by atoms with Crippen LogP contribution in [0.2, 0.25) is 0 Å². The van der Waals surface area contributed by atoms with Crippen LogP contribution in [0.3, 0.4) is 0 Å². The van der Waals surface area contributed by atoms with E-state index in [2.05, 4.69) is 14.8 Å². The average molecular weight is 611 g/mol. The number of carbonyl (C=O) groups is 5. The van der Waals surface area contributed by atoms with Crippen molar-refractivity contribution in [2.24, 2.45) is 0 Å². The Morgan fingerprint density at radius 3 is 2.00 bits per heavy atom. The largest absolute Gasteiger partial charge is 0.573 e. The Kier molecular flexibility index (Phi) is 11.2. The number of alkyl halides is 3. The van der Waals surface area contributed by atoms with Crippen molar-refractivity contribution in [3.05, 3.63) is 53.6 Å². The highest BCUT2D eigenvalue weighted by Gasteiger charge is 2.31. The van der Waals surface area contributed by atoms with Crippen LogP contribution in [-0.4, -0.2) is 59.6 Å². The van der Waals surface area contributed by atoms with Gasteiger partial charge in [-0.25, -0.2) is 8.78 Å². The Labute approximate surface area is 231 Å². The van der Waals surface area contributed by atoms with Gasteiger partial charge in [-0.15, -0.1) is 13.2 Å². The molecule has 2 aromatic carbocycles. The summed E-state index contributed by atoms with van der Waals surface area (Å²) in [5.41, 5.74) is -0.118. The van der Waals surface area contributed by atoms with Crippen LogP contribution in [0.4, 0.5) is 36.4 Å². The van der Waals surface area contributed by atoms with Crippen LogP contribution in [0.5, 0.6) is 11.5 Å². The molecule has 0 aliphatic heterocycles.